The number of hydrogen-bond acceptors (Lipinski definition) is 3. The minimum Gasteiger partial charge on any atom is -0.463 e. The molecule has 2 aromatic rings. The zero-order valence-corrected chi connectivity index (χ0v) is 10.1. The molecule has 0 radical (unpaired) electrons. The van der Waals surface area contributed by atoms with Gasteiger partial charge >= 0.3 is 0 Å². The molecule has 0 atom stereocenters. The van der Waals surface area contributed by atoms with Gasteiger partial charge in [0.2, 0.25) is 0 Å². The van der Waals surface area contributed by atoms with E-state index < -0.39 is 0 Å². The van der Waals surface area contributed by atoms with Crippen molar-refractivity contribution in [2.75, 3.05) is 0 Å². The molecular weight excluding hydrogens is 226 g/mol. The molecule has 2 heterocycles. The minimum atomic E-state index is 0.415. The summed E-state index contributed by atoms with van der Waals surface area (Å²) >= 11 is 6.06. The zero-order chi connectivity index (χ0) is 11.7. The Labute approximate surface area is 99.0 Å². The lowest BCUT2D eigenvalue weighted by molar-refractivity contribution is 0.443. The molecule has 5 heteroatoms. The molecule has 16 heavy (non-hydrogen) atoms. The van der Waals surface area contributed by atoms with Crippen LogP contribution < -0.4 is 5.73 Å². The number of aromatic nitrogens is 2. The zero-order valence-electron chi connectivity index (χ0n) is 9.33. The summed E-state index contributed by atoms with van der Waals surface area (Å²) in [4.78, 5) is 0. The van der Waals surface area contributed by atoms with Crippen molar-refractivity contribution in [1.82, 2.24) is 9.78 Å². The van der Waals surface area contributed by atoms with E-state index >= 15 is 0 Å². The molecule has 2 aromatic heterocycles. The molecule has 86 valence electrons. The van der Waals surface area contributed by atoms with Crippen LogP contribution in [0.3, 0.4) is 0 Å². The van der Waals surface area contributed by atoms with Crippen LogP contribution in [-0.4, -0.2) is 9.78 Å². The molecule has 0 aliphatic heterocycles. The average molecular weight is 240 g/mol. The molecule has 0 unspecified atom stereocenters. The largest absolute Gasteiger partial charge is 0.463 e. The van der Waals surface area contributed by atoms with Crippen molar-refractivity contribution >= 4 is 11.6 Å². The van der Waals surface area contributed by atoms with Gasteiger partial charge in [-0.25, -0.2) is 0 Å². The summed E-state index contributed by atoms with van der Waals surface area (Å²) in [5.74, 6) is 1.62. The van der Waals surface area contributed by atoms with Crippen LogP contribution in [0.15, 0.2) is 16.5 Å². The molecule has 2 rings (SSSR count). The summed E-state index contributed by atoms with van der Waals surface area (Å²) in [6.07, 6.45) is 0. The predicted molar refractivity (Wildman–Crippen MR) is 62.4 cm³/mol. The summed E-state index contributed by atoms with van der Waals surface area (Å²) in [6.45, 7) is 4.83. The molecule has 0 aromatic carbocycles. The minimum absolute atomic E-state index is 0.415. The van der Waals surface area contributed by atoms with E-state index in [4.69, 9.17) is 21.8 Å². The van der Waals surface area contributed by atoms with Crippen molar-refractivity contribution in [2.45, 2.75) is 26.9 Å². The van der Waals surface area contributed by atoms with Crippen molar-refractivity contribution in [3.05, 3.63) is 40.1 Å². The number of aryl methyl sites for hydroxylation is 1. The Balaban J connectivity index is 2.23. The van der Waals surface area contributed by atoms with Crippen LogP contribution >= 0.6 is 11.6 Å². The van der Waals surface area contributed by atoms with E-state index in [1.165, 1.54) is 0 Å². The van der Waals surface area contributed by atoms with Crippen LogP contribution in [0, 0.1) is 13.8 Å². The van der Waals surface area contributed by atoms with Gasteiger partial charge in [-0.1, -0.05) is 11.6 Å². The smallest absolute Gasteiger partial charge is 0.125 e. The van der Waals surface area contributed by atoms with Gasteiger partial charge in [-0.15, -0.1) is 0 Å². The van der Waals surface area contributed by atoms with E-state index in [-0.39, 0.29) is 0 Å². The van der Waals surface area contributed by atoms with Crippen LogP contribution in [0.4, 0.5) is 0 Å². The first-order chi connectivity index (χ1) is 7.61. The van der Waals surface area contributed by atoms with Gasteiger partial charge in [-0.05, 0) is 26.0 Å². The number of nitrogens with zero attached hydrogens (tertiary/aromatic N) is 2. The van der Waals surface area contributed by atoms with Crippen LogP contribution in [-0.2, 0) is 13.1 Å². The van der Waals surface area contributed by atoms with E-state index in [0.717, 1.165) is 22.9 Å². The molecule has 4 nitrogen and oxygen atoms in total. The van der Waals surface area contributed by atoms with Crippen molar-refractivity contribution in [3.8, 4) is 0 Å². The van der Waals surface area contributed by atoms with Crippen molar-refractivity contribution < 1.29 is 4.42 Å². The van der Waals surface area contributed by atoms with Gasteiger partial charge in [0.25, 0.3) is 0 Å². The molecule has 2 N–H and O–H groups in total. The maximum absolute atomic E-state index is 6.06. The second-order valence-electron chi connectivity index (χ2n) is 3.71. The van der Waals surface area contributed by atoms with Crippen LogP contribution in [0.5, 0.6) is 0 Å². The number of halogens is 1. The Hall–Kier alpha value is -1.26. The monoisotopic (exact) mass is 239 g/mol. The Morgan fingerprint density at radius 2 is 2.06 bits per heavy atom. The molecule has 0 fully saturated rings. The summed E-state index contributed by atoms with van der Waals surface area (Å²) in [5, 5.41) is 5.05. The standard InChI is InChI=1S/C11H14ClN3O/c1-7-11(12)8(2)15(14-7)6-10-4-3-9(5-13)16-10/h3-4H,5-6,13H2,1-2H3. The van der Waals surface area contributed by atoms with Crippen LogP contribution in [0.2, 0.25) is 5.02 Å². The topological polar surface area (TPSA) is 57.0 Å². The molecule has 0 spiro atoms. The van der Waals surface area contributed by atoms with Crippen molar-refractivity contribution in [1.29, 1.82) is 0 Å². The summed E-state index contributed by atoms with van der Waals surface area (Å²) in [5.41, 5.74) is 7.26. The Kier molecular flexibility index (Phi) is 3.03. The highest BCUT2D eigenvalue weighted by Crippen LogP contribution is 2.20. The summed E-state index contributed by atoms with van der Waals surface area (Å²) in [7, 11) is 0. The fourth-order valence-electron chi connectivity index (χ4n) is 1.59. The fraction of sp³-hybridized carbons (Fsp3) is 0.364. The normalized spacial score (nSPS) is 11.0. The SMILES string of the molecule is Cc1nn(Cc2ccc(CN)o2)c(C)c1Cl. The molecule has 0 aliphatic rings. The van der Waals surface area contributed by atoms with Gasteiger partial charge in [0, 0.05) is 0 Å². The van der Waals surface area contributed by atoms with E-state index in [0.29, 0.717) is 18.1 Å². The lowest BCUT2D eigenvalue weighted by atomic mass is 10.4. The van der Waals surface area contributed by atoms with Crippen molar-refractivity contribution in [2.24, 2.45) is 5.73 Å². The quantitative estimate of drug-likeness (QED) is 0.894. The fourth-order valence-corrected chi connectivity index (χ4v) is 1.73. The van der Waals surface area contributed by atoms with E-state index in [9.17, 15) is 0 Å². The number of rotatable bonds is 3. The predicted octanol–water partition coefficient (Wildman–Crippen LogP) is 2.25. The number of furan rings is 1. The van der Waals surface area contributed by atoms with Crippen molar-refractivity contribution in [3.63, 3.8) is 0 Å². The number of hydrogen-bond donors (Lipinski definition) is 1. The van der Waals surface area contributed by atoms with Gasteiger partial charge in [0.1, 0.15) is 11.5 Å². The molecule has 0 aliphatic carbocycles. The van der Waals surface area contributed by atoms with Crippen LogP contribution in [0.25, 0.3) is 0 Å². The van der Waals surface area contributed by atoms with Gasteiger partial charge in [-0.3, -0.25) is 4.68 Å². The molecular formula is C11H14ClN3O. The van der Waals surface area contributed by atoms with E-state index in [1.807, 2.05) is 30.7 Å². The highest BCUT2D eigenvalue weighted by Gasteiger charge is 2.10. The number of nitrogens with two attached hydrogens (primary N) is 1. The first-order valence-corrected chi connectivity index (χ1v) is 5.46. The van der Waals surface area contributed by atoms with Crippen LogP contribution in [0.1, 0.15) is 22.9 Å². The van der Waals surface area contributed by atoms with Gasteiger partial charge in [-0.2, -0.15) is 5.10 Å². The third kappa shape index (κ3) is 1.99. The first-order valence-electron chi connectivity index (χ1n) is 5.09. The van der Waals surface area contributed by atoms with E-state index in [2.05, 4.69) is 5.10 Å². The third-order valence-corrected chi connectivity index (χ3v) is 3.06. The molecule has 0 saturated heterocycles. The Morgan fingerprint density at radius 1 is 1.38 bits per heavy atom. The maximum Gasteiger partial charge on any atom is 0.125 e. The Morgan fingerprint density at radius 3 is 2.56 bits per heavy atom. The third-order valence-electron chi connectivity index (χ3n) is 2.52. The summed E-state index contributed by atoms with van der Waals surface area (Å²) in [6, 6.07) is 3.79. The van der Waals surface area contributed by atoms with Gasteiger partial charge in [0.15, 0.2) is 0 Å². The highest BCUT2D eigenvalue weighted by molar-refractivity contribution is 6.31. The first kappa shape index (κ1) is 11.2. The summed E-state index contributed by atoms with van der Waals surface area (Å²) < 4.78 is 7.34. The average Bonchev–Trinajstić information content (AvgIpc) is 2.81. The molecule has 0 bridgehead atoms. The second-order valence-corrected chi connectivity index (χ2v) is 4.09. The van der Waals surface area contributed by atoms with Gasteiger partial charge < -0.3 is 10.2 Å². The second kappa shape index (κ2) is 4.31. The van der Waals surface area contributed by atoms with Gasteiger partial charge in [0.05, 0.1) is 29.5 Å². The lowest BCUT2D eigenvalue weighted by Crippen LogP contribution is -2.03. The van der Waals surface area contributed by atoms with E-state index in [1.54, 1.807) is 0 Å². The lowest BCUT2D eigenvalue weighted by Gasteiger charge is -2.01. The molecule has 0 amide bonds. The maximum atomic E-state index is 6.06. The Bertz CT molecular complexity index is 501. The highest BCUT2D eigenvalue weighted by atomic mass is 35.5. The molecule has 0 saturated carbocycles.